The lowest BCUT2D eigenvalue weighted by Crippen LogP contribution is -3.12. The highest BCUT2D eigenvalue weighted by Gasteiger charge is 2.29. The van der Waals surface area contributed by atoms with Crippen molar-refractivity contribution < 1.29 is 9.69 Å². The van der Waals surface area contributed by atoms with Crippen molar-refractivity contribution in [1.82, 2.24) is 14.7 Å². The van der Waals surface area contributed by atoms with E-state index in [1.54, 1.807) is 0 Å². The van der Waals surface area contributed by atoms with Gasteiger partial charge >= 0.3 is 0 Å². The molecule has 0 bridgehead atoms. The van der Waals surface area contributed by atoms with Crippen LogP contribution in [0.2, 0.25) is 0 Å². The lowest BCUT2D eigenvalue weighted by Gasteiger charge is -2.30. The van der Waals surface area contributed by atoms with Crippen molar-refractivity contribution in [3.63, 3.8) is 0 Å². The molecule has 0 radical (unpaired) electrons. The van der Waals surface area contributed by atoms with E-state index in [1.165, 1.54) is 10.5 Å². The van der Waals surface area contributed by atoms with Crippen molar-refractivity contribution in [3.8, 4) is 5.69 Å². The van der Waals surface area contributed by atoms with Gasteiger partial charge in [-0.05, 0) is 43.9 Å². The van der Waals surface area contributed by atoms with Gasteiger partial charge in [0.05, 0.1) is 55.9 Å². The summed E-state index contributed by atoms with van der Waals surface area (Å²) in [6.45, 7) is 12.1. The molecule has 140 valence electrons. The first-order chi connectivity index (χ1) is 12.4. The van der Waals surface area contributed by atoms with Gasteiger partial charge in [-0.3, -0.25) is 4.79 Å². The zero-order valence-electron chi connectivity index (χ0n) is 16.7. The summed E-state index contributed by atoms with van der Waals surface area (Å²) in [6, 6.07) is 8.29. The third kappa shape index (κ3) is 3.83. The van der Waals surface area contributed by atoms with Crippen LogP contribution in [-0.2, 0) is 6.42 Å². The van der Waals surface area contributed by atoms with Gasteiger partial charge in [0, 0.05) is 0 Å². The molecule has 26 heavy (non-hydrogen) atoms. The number of carbonyl (C=O) groups excluding carboxylic acids is 1. The summed E-state index contributed by atoms with van der Waals surface area (Å²) in [5.74, 6) is 0.600. The molecule has 3 rings (SSSR count). The van der Waals surface area contributed by atoms with Crippen LogP contribution in [-0.4, -0.2) is 53.8 Å². The molecule has 0 atom stereocenters. The van der Waals surface area contributed by atoms with Crippen LogP contribution in [0.1, 0.15) is 41.2 Å². The van der Waals surface area contributed by atoms with Gasteiger partial charge in [-0.15, -0.1) is 0 Å². The van der Waals surface area contributed by atoms with Crippen LogP contribution < -0.4 is 4.90 Å². The number of carbonyl (C=O) groups is 1. The maximum Gasteiger partial charge on any atom is 0.258 e. The second kappa shape index (κ2) is 7.62. The standard InChI is InChI=1S/C21H30N4O/c1-15(2)13-19-20(21(26)24-11-9-23(5)10-12-24)17(4)25(22-19)18-8-6-7-16(3)14-18/h6-8,14-15H,9-13H2,1-5H3/p+1. The summed E-state index contributed by atoms with van der Waals surface area (Å²) in [6.07, 6.45) is 0.819. The van der Waals surface area contributed by atoms with Crippen LogP contribution in [0.4, 0.5) is 0 Å². The molecule has 5 heteroatoms. The second-order valence-electron chi connectivity index (χ2n) is 8.01. The topological polar surface area (TPSA) is 42.6 Å². The molecule has 2 heterocycles. The summed E-state index contributed by atoms with van der Waals surface area (Å²) in [7, 11) is 2.19. The Bertz CT molecular complexity index is 785. The van der Waals surface area contributed by atoms with Crippen molar-refractivity contribution in [2.45, 2.75) is 34.1 Å². The predicted molar refractivity (Wildman–Crippen MR) is 104 cm³/mol. The van der Waals surface area contributed by atoms with E-state index in [9.17, 15) is 4.79 Å². The Morgan fingerprint density at radius 1 is 1.23 bits per heavy atom. The zero-order chi connectivity index (χ0) is 18.8. The second-order valence-corrected chi connectivity index (χ2v) is 8.01. The SMILES string of the molecule is Cc1cccc(-n2nc(CC(C)C)c(C(=O)N3CC[NH+](C)CC3)c2C)c1. The average Bonchev–Trinajstić information content (AvgIpc) is 2.90. The van der Waals surface area contributed by atoms with Gasteiger partial charge in [0.25, 0.3) is 5.91 Å². The highest BCUT2D eigenvalue weighted by molar-refractivity contribution is 5.96. The summed E-state index contributed by atoms with van der Waals surface area (Å²) < 4.78 is 1.94. The van der Waals surface area contributed by atoms with Crippen molar-refractivity contribution in [2.24, 2.45) is 5.92 Å². The molecule has 0 saturated carbocycles. The molecule has 5 nitrogen and oxygen atoms in total. The quantitative estimate of drug-likeness (QED) is 0.906. The predicted octanol–water partition coefficient (Wildman–Crippen LogP) is 1.66. The first-order valence-electron chi connectivity index (χ1n) is 9.63. The number of piperazine rings is 1. The number of nitrogens with zero attached hydrogens (tertiary/aromatic N) is 3. The smallest absolute Gasteiger partial charge is 0.258 e. The summed E-state index contributed by atoms with van der Waals surface area (Å²) in [5, 5.41) is 4.86. The van der Waals surface area contributed by atoms with Gasteiger partial charge in [0.2, 0.25) is 0 Å². The Hall–Kier alpha value is -2.14. The molecule has 0 unspecified atom stereocenters. The van der Waals surface area contributed by atoms with Gasteiger partial charge in [0.15, 0.2) is 0 Å². The number of hydrogen-bond donors (Lipinski definition) is 1. The van der Waals surface area contributed by atoms with Crippen molar-refractivity contribution in [2.75, 3.05) is 33.2 Å². The Morgan fingerprint density at radius 2 is 1.92 bits per heavy atom. The molecule has 1 aliphatic heterocycles. The number of aryl methyl sites for hydroxylation is 1. The van der Waals surface area contributed by atoms with E-state index in [1.807, 2.05) is 22.6 Å². The van der Waals surface area contributed by atoms with E-state index in [4.69, 9.17) is 5.10 Å². The molecule has 1 N–H and O–H groups in total. The molecule has 2 aromatic rings. The number of quaternary nitrogens is 1. The van der Waals surface area contributed by atoms with Crippen LogP contribution in [0.25, 0.3) is 5.69 Å². The average molecular weight is 356 g/mol. The number of likely N-dealkylation sites (N-methyl/N-ethyl adjacent to an activating group) is 1. The molecular weight excluding hydrogens is 324 g/mol. The van der Waals surface area contributed by atoms with Crippen molar-refractivity contribution in [3.05, 3.63) is 46.8 Å². The third-order valence-electron chi connectivity index (χ3n) is 5.15. The fourth-order valence-corrected chi connectivity index (χ4v) is 3.63. The van der Waals surface area contributed by atoms with Crippen molar-refractivity contribution >= 4 is 5.91 Å². The van der Waals surface area contributed by atoms with Crippen LogP contribution in [0.5, 0.6) is 0 Å². The maximum atomic E-state index is 13.3. The number of amides is 1. The Kier molecular flexibility index (Phi) is 5.47. The number of hydrogen-bond acceptors (Lipinski definition) is 2. The summed E-state index contributed by atoms with van der Waals surface area (Å²) in [4.78, 5) is 16.8. The van der Waals surface area contributed by atoms with E-state index in [0.29, 0.717) is 5.92 Å². The van der Waals surface area contributed by atoms with E-state index in [-0.39, 0.29) is 5.91 Å². The summed E-state index contributed by atoms with van der Waals surface area (Å²) >= 11 is 0. The lowest BCUT2D eigenvalue weighted by molar-refractivity contribution is -0.883. The fourth-order valence-electron chi connectivity index (χ4n) is 3.63. The van der Waals surface area contributed by atoms with Crippen LogP contribution in [0, 0.1) is 19.8 Å². The molecule has 1 saturated heterocycles. The molecule has 0 spiro atoms. The molecule has 1 aliphatic rings. The molecular formula is C21H31N4O+. The molecule has 1 fully saturated rings. The Morgan fingerprint density at radius 3 is 2.54 bits per heavy atom. The van der Waals surface area contributed by atoms with Crippen molar-refractivity contribution in [1.29, 1.82) is 0 Å². The third-order valence-corrected chi connectivity index (χ3v) is 5.15. The molecule has 1 aromatic carbocycles. The first-order valence-corrected chi connectivity index (χ1v) is 9.63. The highest BCUT2D eigenvalue weighted by atomic mass is 16.2. The van der Waals surface area contributed by atoms with Crippen LogP contribution >= 0.6 is 0 Å². The van der Waals surface area contributed by atoms with E-state index >= 15 is 0 Å². The fraction of sp³-hybridized carbons (Fsp3) is 0.524. The van der Waals surface area contributed by atoms with E-state index < -0.39 is 0 Å². The Labute approximate surface area is 156 Å². The monoisotopic (exact) mass is 355 g/mol. The van der Waals surface area contributed by atoms with Gasteiger partial charge in [-0.1, -0.05) is 26.0 Å². The lowest BCUT2D eigenvalue weighted by atomic mass is 10.0. The van der Waals surface area contributed by atoms with Gasteiger partial charge < -0.3 is 9.80 Å². The zero-order valence-corrected chi connectivity index (χ0v) is 16.7. The number of nitrogens with one attached hydrogen (secondary N) is 1. The Balaban J connectivity index is 2.01. The molecule has 1 aromatic heterocycles. The van der Waals surface area contributed by atoms with Gasteiger partial charge in [-0.2, -0.15) is 5.10 Å². The number of aromatic nitrogens is 2. The first kappa shape index (κ1) is 18.6. The minimum Gasteiger partial charge on any atom is -0.334 e. The van der Waals surface area contributed by atoms with Gasteiger partial charge in [0.1, 0.15) is 0 Å². The molecule has 1 amide bonds. The minimum atomic E-state index is 0.143. The minimum absolute atomic E-state index is 0.143. The van der Waals surface area contributed by atoms with Crippen LogP contribution in [0.3, 0.4) is 0 Å². The number of rotatable bonds is 4. The van der Waals surface area contributed by atoms with E-state index in [2.05, 4.69) is 46.0 Å². The largest absolute Gasteiger partial charge is 0.334 e. The molecule has 0 aliphatic carbocycles. The van der Waals surface area contributed by atoms with E-state index in [0.717, 1.165) is 55.2 Å². The maximum absolute atomic E-state index is 13.3. The summed E-state index contributed by atoms with van der Waals surface area (Å²) in [5.41, 5.74) is 4.89. The normalized spacial score (nSPS) is 15.7. The number of benzene rings is 1. The van der Waals surface area contributed by atoms with Crippen LogP contribution in [0.15, 0.2) is 24.3 Å². The highest BCUT2D eigenvalue weighted by Crippen LogP contribution is 2.23. The van der Waals surface area contributed by atoms with Gasteiger partial charge in [-0.25, -0.2) is 4.68 Å².